The normalized spacial score (nSPS) is 10.8. The van der Waals surface area contributed by atoms with Gasteiger partial charge in [-0.15, -0.1) is 0 Å². The van der Waals surface area contributed by atoms with Crippen LogP contribution < -0.4 is 14.8 Å². The van der Waals surface area contributed by atoms with E-state index in [1.165, 1.54) is 7.11 Å². The zero-order valence-electron chi connectivity index (χ0n) is 16.3. The number of hydrogen-bond donors (Lipinski definition) is 1. The molecule has 8 heteroatoms. The number of aromatic nitrogens is 2. The average Bonchev–Trinajstić information content (AvgIpc) is 3.19. The molecule has 0 unspecified atom stereocenters. The van der Waals surface area contributed by atoms with E-state index in [9.17, 15) is 4.79 Å². The fourth-order valence-corrected chi connectivity index (χ4v) is 2.99. The number of benzene rings is 2. The van der Waals surface area contributed by atoms with Crippen molar-refractivity contribution >= 4 is 34.4 Å². The van der Waals surface area contributed by atoms with Gasteiger partial charge in [0.05, 0.1) is 12.8 Å². The number of ether oxygens (including phenoxy) is 2. The van der Waals surface area contributed by atoms with Gasteiger partial charge < -0.3 is 19.2 Å². The van der Waals surface area contributed by atoms with Crippen LogP contribution in [-0.4, -0.2) is 29.6 Å². The molecule has 4 rings (SSSR count). The van der Waals surface area contributed by atoms with Crippen LogP contribution in [0.3, 0.4) is 0 Å². The molecule has 0 saturated carbocycles. The summed E-state index contributed by atoms with van der Waals surface area (Å²) in [5.74, 6) is 1.13. The van der Waals surface area contributed by atoms with Crippen molar-refractivity contribution in [2.75, 3.05) is 19.0 Å². The molecule has 0 aliphatic rings. The van der Waals surface area contributed by atoms with Gasteiger partial charge in [0.25, 0.3) is 5.91 Å². The Kier molecular flexibility index (Phi) is 5.54. The third kappa shape index (κ3) is 4.21. The predicted octanol–water partition coefficient (Wildman–Crippen LogP) is 4.88. The highest BCUT2D eigenvalue weighted by atomic mass is 35.5. The second kappa shape index (κ2) is 8.42. The van der Waals surface area contributed by atoms with Gasteiger partial charge in [0.15, 0.2) is 17.8 Å². The lowest BCUT2D eigenvalue weighted by molar-refractivity contribution is -0.118. The molecule has 2 aromatic carbocycles. The summed E-state index contributed by atoms with van der Waals surface area (Å²) in [6, 6.07) is 14.0. The van der Waals surface area contributed by atoms with Gasteiger partial charge in [-0.2, -0.15) is 4.98 Å². The van der Waals surface area contributed by atoms with Crippen LogP contribution >= 0.6 is 11.6 Å². The van der Waals surface area contributed by atoms with E-state index in [4.69, 9.17) is 25.5 Å². The van der Waals surface area contributed by atoms with E-state index in [2.05, 4.69) is 15.3 Å². The number of oxazole rings is 1. The number of methoxy groups -OCH3 is 1. The smallest absolute Gasteiger partial charge is 0.262 e. The minimum Gasteiger partial charge on any atom is -0.495 e. The zero-order valence-corrected chi connectivity index (χ0v) is 17.1. The maximum absolute atomic E-state index is 12.4. The van der Waals surface area contributed by atoms with Crippen molar-refractivity contribution in [3.8, 4) is 23.0 Å². The van der Waals surface area contributed by atoms with Crippen LogP contribution in [0.4, 0.5) is 5.69 Å². The van der Waals surface area contributed by atoms with Gasteiger partial charge in [-0.1, -0.05) is 11.6 Å². The van der Waals surface area contributed by atoms with E-state index in [0.717, 1.165) is 5.56 Å². The number of nitrogens with zero attached hydrogens (tertiary/aromatic N) is 2. The van der Waals surface area contributed by atoms with Crippen LogP contribution in [0, 0.1) is 6.92 Å². The molecule has 30 heavy (non-hydrogen) atoms. The number of fused-ring (bicyclic) bond motifs is 1. The number of aryl methyl sites for hydroxylation is 1. The predicted molar refractivity (Wildman–Crippen MR) is 114 cm³/mol. The lowest BCUT2D eigenvalue weighted by Crippen LogP contribution is -2.20. The van der Waals surface area contributed by atoms with Gasteiger partial charge in [0.2, 0.25) is 5.89 Å². The van der Waals surface area contributed by atoms with Crippen molar-refractivity contribution in [3.63, 3.8) is 0 Å². The van der Waals surface area contributed by atoms with Crippen molar-refractivity contribution in [1.82, 2.24) is 9.97 Å². The van der Waals surface area contributed by atoms with Crippen molar-refractivity contribution in [2.24, 2.45) is 0 Å². The maximum Gasteiger partial charge on any atom is 0.262 e. The first kappa shape index (κ1) is 19.7. The Morgan fingerprint density at radius 1 is 1.20 bits per heavy atom. The Morgan fingerprint density at radius 2 is 2.07 bits per heavy atom. The molecule has 0 radical (unpaired) electrons. The molecule has 0 saturated heterocycles. The lowest BCUT2D eigenvalue weighted by atomic mass is 10.2. The van der Waals surface area contributed by atoms with E-state index in [-0.39, 0.29) is 12.5 Å². The Morgan fingerprint density at radius 3 is 2.83 bits per heavy atom. The number of pyridine rings is 1. The molecular weight excluding hydrogens is 406 g/mol. The number of hydrogen-bond acceptors (Lipinski definition) is 6. The van der Waals surface area contributed by atoms with E-state index in [1.807, 2.05) is 6.92 Å². The third-order valence-corrected chi connectivity index (χ3v) is 4.81. The summed E-state index contributed by atoms with van der Waals surface area (Å²) >= 11 is 6.01. The summed E-state index contributed by atoms with van der Waals surface area (Å²) in [7, 11) is 1.53. The van der Waals surface area contributed by atoms with Crippen LogP contribution in [0.2, 0.25) is 5.02 Å². The molecule has 2 heterocycles. The SMILES string of the molecule is COc1ccc(-c2nc3ncccc3o2)cc1NC(=O)COc1ccc(Cl)c(C)c1. The molecule has 152 valence electrons. The van der Waals surface area contributed by atoms with Gasteiger partial charge in [-0.3, -0.25) is 4.79 Å². The van der Waals surface area contributed by atoms with Crippen molar-refractivity contribution in [3.05, 3.63) is 65.3 Å². The monoisotopic (exact) mass is 423 g/mol. The number of carbonyl (C=O) groups is 1. The first-order valence-electron chi connectivity index (χ1n) is 9.12. The van der Waals surface area contributed by atoms with Gasteiger partial charge in [0.1, 0.15) is 11.5 Å². The Bertz CT molecular complexity index is 1190. The number of rotatable bonds is 6. The Balaban J connectivity index is 1.51. The molecule has 0 bridgehead atoms. The standard InChI is InChI=1S/C22H18ClN3O4/c1-13-10-15(6-7-16(13)23)29-12-20(27)25-17-11-14(5-8-18(17)28-2)22-26-21-19(30-22)4-3-9-24-21/h3-11H,12H2,1-2H3,(H,25,27). The van der Waals surface area contributed by atoms with Crippen LogP contribution in [0.15, 0.2) is 59.1 Å². The van der Waals surface area contributed by atoms with E-state index >= 15 is 0 Å². The second-order valence-electron chi connectivity index (χ2n) is 6.51. The number of amides is 1. The second-order valence-corrected chi connectivity index (χ2v) is 6.91. The fourth-order valence-electron chi connectivity index (χ4n) is 2.87. The maximum atomic E-state index is 12.4. The number of carbonyl (C=O) groups excluding carboxylic acids is 1. The third-order valence-electron chi connectivity index (χ3n) is 4.38. The highest BCUT2D eigenvalue weighted by Crippen LogP contribution is 2.31. The number of nitrogens with one attached hydrogen (secondary N) is 1. The quantitative estimate of drug-likeness (QED) is 0.475. The summed E-state index contributed by atoms with van der Waals surface area (Å²) < 4.78 is 16.7. The first-order chi connectivity index (χ1) is 14.5. The molecule has 0 aliphatic carbocycles. The van der Waals surface area contributed by atoms with E-state index in [1.54, 1.807) is 54.7 Å². The molecule has 4 aromatic rings. The van der Waals surface area contributed by atoms with E-state index < -0.39 is 0 Å². The summed E-state index contributed by atoms with van der Waals surface area (Å²) in [6.07, 6.45) is 1.65. The summed E-state index contributed by atoms with van der Waals surface area (Å²) in [5, 5.41) is 3.44. The molecule has 0 atom stereocenters. The molecule has 0 fully saturated rings. The Hall–Kier alpha value is -3.58. The van der Waals surface area contributed by atoms with Gasteiger partial charge in [0, 0.05) is 16.8 Å². The van der Waals surface area contributed by atoms with Gasteiger partial charge in [-0.05, 0) is 61.0 Å². The average molecular weight is 424 g/mol. The zero-order chi connectivity index (χ0) is 21.1. The topological polar surface area (TPSA) is 86.5 Å². The number of halogens is 1. The molecule has 0 aliphatic heterocycles. The molecular formula is C22H18ClN3O4. The molecule has 1 N–H and O–H groups in total. The highest BCUT2D eigenvalue weighted by Gasteiger charge is 2.14. The largest absolute Gasteiger partial charge is 0.495 e. The van der Waals surface area contributed by atoms with Crippen LogP contribution in [0.25, 0.3) is 22.7 Å². The van der Waals surface area contributed by atoms with Crippen LogP contribution in [0.5, 0.6) is 11.5 Å². The highest BCUT2D eigenvalue weighted by molar-refractivity contribution is 6.31. The first-order valence-corrected chi connectivity index (χ1v) is 9.50. The van der Waals surface area contributed by atoms with Crippen LogP contribution in [0.1, 0.15) is 5.56 Å². The minimum atomic E-state index is -0.336. The molecule has 2 aromatic heterocycles. The van der Waals surface area contributed by atoms with Crippen molar-refractivity contribution in [2.45, 2.75) is 6.92 Å². The minimum absolute atomic E-state index is 0.165. The molecule has 1 amide bonds. The van der Waals surface area contributed by atoms with E-state index in [0.29, 0.717) is 44.9 Å². The summed E-state index contributed by atoms with van der Waals surface area (Å²) in [6.45, 7) is 1.70. The molecule has 7 nitrogen and oxygen atoms in total. The lowest BCUT2D eigenvalue weighted by Gasteiger charge is -2.12. The van der Waals surface area contributed by atoms with Crippen LogP contribution in [-0.2, 0) is 4.79 Å². The van der Waals surface area contributed by atoms with Gasteiger partial charge >= 0.3 is 0 Å². The fraction of sp³-hybridized carbons (Fsp3) is 0.136. The summed E-state index contributed by atoms with van der Waals surface area (Å²) in [5.41, 5.74) is 3.13. The molecule has 0 spiro atoms. The van der Waals surface area contributed by atoms with Crippen molar-refractivity contribution < 1.29 is 18.7 Å². The summed E-state index contributed by atoms with van der Waals surface area (Å²) in [4.78, 5) is 21.0. The van der Waals surface area contributed by atoms with Gasteiger partial charge in [-0.25, -0.2) is 4.98 Å². The Labute approximate surface area is 177 Å². The van der Waals surface area contributed by atoms with Crippen molar-refractivity contribution in [1.29, 1.82) is 0 Å². The number of anilines is 1.